The van der Waals surface area contributed by atoms with Crippen LogP contribution < -0.4 is 4.74 Å². The van der Waals surface area contributed by atoms with E-state index in [2.05, 4.69) is 53.2 Å². The second kappa shape index (κ2) is 10.3. The smallest absolute Gasteiger partial charge is 0.138 e. The average Bonchev–Trinajstić information content (AvgIpc) is 2.58. The van der Waals surface area contributed by atoms with Crippen molar-refractivity contribution in [2.45, 2.75) is 52.1 Å². The van der Waals surface area contributed by atoms with Crippen LogP contribution in [-0.4, -0.2) is 17.8 Å². The molecule has 0 aliphatic rings. The molecule has 0 bridgehead atoms. The molecular formula is C22H28BrClO2. The molecule has 0 aromatic heterocycles. The number of hydrogen-bond donors (Lipinski definition) is 1. The van der Waals surface area contributed by atoms with Crippen molar-refractivity contribution in [2.75, 3.05) is 6.61 Å². The highest BCUT2D eigenvalue weighted by atomic mass is 79.9. The molecule has 0 heterocycles. The third kappa shape index (κ3) is 6.61. The molecule has 2 atom stereocenters. The molecule has 26 heavy (non-hydrogen) atoms. The van der Waals surface area contributed by atoms with Crippen LogP contribution in [-0.2, 0) is 6.42 Å². The number of aliphatic hydroxyl groups excluding tert-OH is 1. The molecule has 2 nitrogen and oxygen atoms in total. The molecule has 0 fully saturated rings. The SMILES string of the molecule is CC(C)Oc1ccc(C(C)C[C@H](CCO)Cc2ccc(Br)cc2)cc1Cl. The molecule has 0 aliphatic carbocycles. The van der Waals surface area contributed by atoms with Gasteiger partial charge in [-0.2, -0.15) is 0 Å². The lowest BCUT2D eigenvalue weighted by Crippen LogP contribution is -2.11. The molecule has 0 saturated carbocycles. The Morgan fingerprint density at radius 2 is 1.77 bits per heavy atom. The summed E-state index contributed by atoms with van der Waals surface area (Å²) in [5.41, 5.74) is 2.52. The van der Waals surface area contributed by atoms with Gasteiger partial charge in [0.25, 0.3) is 0 Å². The van der Waals surface area contributed by atoms with E-state index in [-0.39, 0.29) is 12.7 Å². The fourth-order valence-electron chi connectivity index (χ4n) is 3.25. The first-order valence-corrected chi connectivity index (χ1v) is 10.4. The van der Waals surface area contributed by atoms with Crippen molar-refractivity contribution in [3.63, 3.8) is 0 Å². The highest BCUT2D eigenvalue weighted by Crippen LogP contribution is 2.33. The summed E-state index contributed by atoms with van der Waals surface area (Å²) in [5.74, 6) is 1.54. The normalized spacial score (nSPS) is 13.7. The fraction of sp³-hybridized carbons (Fsp3) is 0.455. The van der Waals surface area contributed by atoms with E-state index in [9.17, 15) is 5.11 Å². The monoisotopic (exact) mass is 438 g/mol. The first-order valence-electron chi connectivity index (χ1n) is 9.20. The number of rotatable bonds is 9. The predicted octanol–water partition coefficient (Wildman–Crippen LogP) is 6.62. The van der Waals surface area contributed by atoms with Crippen molar-refractivity contribution in [2.24, 2.45) is 5.92 Å². The van der Waals surface area contributed by atoms with Crippen molar-refractivity contribution >= 4 is 27.5 Å². The van der Waals surface area contributed by atoms with Crippen LogP contribution in [0, 0.1) is 5.92 Å². The number of ether oxygens (including phenoxy) is 1. The highest BCUT2D eigenvalue weighted by Gasteiger charge is 2.17. The van der Waals surface area contributed by atoms with E-state index in [0.29, 0.717) is 16.9 Å². The molecule has 1 unspecified atom stereocenters. The van der Waals surface area contributed by atoms with Gasteiger partial charge in [-0.3, -0.25) is 0 Å². The molecule has 4 heteroatoms. The zero-order valence-electron chi connectivity index (χ0n) is 15.7. The predicted molar refractivity (Wildman–Crippen MR) is 113 cm³/mol. The zero-order chi connectivity index (χ0) is 19.1. The van der Waals surface area contributed by atoms with Gasteiger partial charge in [-0.05, 0) is 80.3 Å². The minimum Gasteiger partial charge on any atom is -0.489 e. The van der Waals surface area contributed by atoms with Gasteiger partial charge < -0.3 is 9.84 Å². The minimum atomic E-state index is 0.107. The Morgan fingerprint density at radius 3 is 2.35 bits per heavy atom. The Balaban J connectivity index is 2.05. The molecule has 0 aliphatic heterocycles. The van der Waals surface area contributed by atoms with Gasteiger partial charge in [-0.1, -0.05) is 52.7 Å². The van der Waals surface area contributed by atoms with Crippen molar-refractivity contribution in [1.82, 2.24) is 0 Å². The summed E-state index contributed by atoms with van der Waals surface area (Å²) in [5, 5.41) is 10.1. The first-order chi connectivity index (χ1) is 12.4. The third-order valence-electron chi connectivity index (χ3n) is 4.55. The van der Waals surface area contributed by atoms with Crippen LogP contribution in [0.2, 0.25) is 5.02 Å². The molecule has 142 valence electrons. The van der Waals surface area contributed by atoms with Gasteiger partial charge in [0.2, 0.25) is 0 Å². The van der Waals surface area contributed by atoms with Gasteiger partial charge in [-0.25, -0.2) is 0 Å². The fourth-order valence-corrected chi connectivity index (χ4v) is 3.75. The van der Waals surface area contributed by atoms with Crippen LogP contribution in [0.4, 0.5) is 0 Å². The van der Waals surface area contributed by atoms with E-state index in [1.54, 1.807) is 0 Å². The van der Waals surface area contributed by atoms with Gasteiger partial charge in [0.1, 0.15) is 5.75 Å². The second-order valence-corrected chi connectivity index (χ2v) is 8.52. The zero-order valence-corrected chi connectivity index (χ0v) is 18.1. The lowest BCUT2D eigenvalue weighted by atomic mass is 9.85. The van der Waals surface area contributed by atoms with Crippen LogP contribution >= 0.6 is 27.5 Å². The second-order valence-electron chi connectivity index (χ2n) is 7.20. The van der Waals surface area contributed by atoms with Crippen molar-refractivity contribution in [3.8, 4) is 5.75 Å². The van der Waals surface area contributed by atoms with Gasteiger partial charge in [-0.15, -0.1) is 0 Å². The van der Waals surface area contributed by atoms with Crippen LogP contribution in [0.15, 0.2) is 46.9 Å². The standard InChI is InChI=1S/C22H28BrClO2/c1-15(2)26-22-9-6-19(14-21(22)24)16(3)12-18(10-11-25)13-17-4-7-20(23)8-5-17/h4-9,14-16,18,25H,10-13H2,1-3H3/t16?,18-/m0/s1. The van der Waals surface area contributed by atoms with E-state index in [4.69, 9.17) is 16.3 Å². The topological polar surface area (TPSA) is 29.5 Å². The van der Waals surface area contributed by atoms with Crippen LogP contribution in [0.5, 0.6) is 5.75 Å². The number of hydrogen-bond acceptors (Lipinski definition) is 2. The molecular weight excluding hydrogens is 412 g/mol. The molecule has 2 aromatic carbocycles. The summed E-state index contributed by atoms with van der Waals surface area (Å²) in [6.45, 7) is 6.43. The number of aliphatic hydroxyl groups is 1. The first kappa shape index (κ1) is 21.3. The molecule has 0 amide bonds. The van der Waals surface area contributed by atoms with E-state index >= 15 is 0 Å². The van der Waals surface area contributed by atoms with Crippen molar-refractivity contribution in [3.05, 3.63) is 63.1 Å². The Morgan fingerprint density at radius 1 is 1.08 bits per heavy atom. The Kier molecular flexibility index (Phi) is 8.46. The van der Waals surface area contributed by atoms with Gasteiger partial charge in [0, 0.05) is 11.1 Å². The van der Waals surface area contributed by atoms with Crippen LogP contribution in [0.3, 0.4) is 0 Å². The van der Waals surface area contributed by atoms with E-state index < -0.39 is 0 Å². The maximum absolute atomic E-state index is 9.46. The molecule has 2 aromatic rings. The summed E-state index contributed by atoms with van der Waals surface area (Å²) in [7, 11) is 0. The lowest BCUT2D eigenvalue weighted by Gasteiger charge is -2.22. The quantitative estimate of drug-likeness (QED) is 0.475. The van der Waals surface area contributed by atoms with E-state index in [0.717, 1.165) is 29.5 Å². The summed E-state index contributed by atoms with van der Waals surface area (Å²) < 4.78 is 6.81. The van der Waals surface area contributed by atoms with E-state index in [1.807, 2.05) is 26.0 Å². The number of halogens is 2. The lowest BCUT2D eigenvalue weighted by molar-refractivity contribution is 0.242. The molecule has 2 rings (SSSR count). The van der Waals surface area contributed by atoms with Gasteiger partial charge >= 0.3 is 0 Å². The van der Waals surface area contributed by atoms with Gasteiger partial charge in [0.15, 0.2) is 0 Å². The Labute approximate surface area is 170 Å². The minimum absolute atomic E-state index is 0.107. The van der Waals surface area contributed by atoms with Crippen molar-refractivity contribution in [1.29, 1.82) is 0 Å². The van der Waals surface area contributed by atoms with Crippen molar-refractivity contribution < 1.29 is 9.84 Å². The summed E-state index contributed by atoms with van der Waals surface area (Å²) in [4.78, 5) is 0. The summed E-state index contributed by atoms with van der Waals surface area (Å²) in [6, 6.07) is 14.5. The number of benzene rings is 2. The summed E-state index contributed by atoms with van der Waals surface area (Å²) >= 11 is 9.87. The third-order valence-corrected chi connectivity index (χ3v) is 5.37. The molecule has 0 radical (unpaired) electrons. The average molecular weight is 440 g/mol. The molecule has 0 spiro atoms. The van der Waals surface area contributed by atoms with Crippen LogP contribution in [0.1, 0.15) is 50.7 Å². The maximum Gasteiger partial charge on any atom is 0.138 e. The van der Waals surface area contributed by atoms with E-state index in [1.165, 1.54) is 11.1 Å². The summed E-state index contributed by atoms with van der Waals surface area (Å²) in [6.07, 6.45) is 2.90. The maximum atomic E-state index is 9.46. The Hall–Kier alpha value is -1.03. The largest absolute Gasteiger partial charge is 0.489 e. The molecule has 1 N–H and O–H groups in total. The molecule has 0 saturated heterocycles. The van der Waals surface area contributed by atoms with Crippen LogP contribution in [0.25, 0.3) is 0 Å². The highest BCUT2D eigenvalue weighted by molar-refractivity contribution is 9.10. The van der Waals surface area contributed by atoms with Gasteiger partial charge in [0.05, 0.1) is 11.1 Å². The Bertz CT molecular complexity index is 685.